The Labute approximate surface area is 552 Å². The summed E-state index contributed by atoms with van der Waals surface area (Å²) in [5, 5.41) is 9.76. The molecule has 0 aromatic rings. The molecule has 0 aliphatic heterocycles. The summed E-state index contributed by atoms with van der Waals surface area (Å²) in [6.45, 7) is 4.91. The highest BCUT2D eigenvalue weighted by Gasteiger charge is 2.25. The predicted molar refractivity (Wildman–Crippen MR) is 383 cm³/mol. The van der Waals surface area contributed by atoms with Crippen LogP contribution in [0.4, 0.5) is 0 Å². The number of ether oxygens (including phenoxy) is 4. The summed E-state index contributed by atoms with van der Waals surface area (Å²) in [6, 6.07) is 0. The van der Waals surface area contributed by atoms with Crippen molar-refractivity contribution in [2.45, 2.75) is 386 Å². The number of carbonyl (C=O) groups is 3. The normalized spacial score (nSPS) is 13.0. The number of unbranched alkanes of at least 4 members (excludes halogenated alkanes) is 47. The third-order valence-corrected chi connectivity index (χ3v) is 17.2. The van der Waals surface area contributed by atoms with E-state index in [1.165, 1.54) is 289 Å². The minimum atomic E-state index is -1.51. The molecule has 1 N–H and O–H groups in total. The van der Waals surface area contributed by atoms with Crippen molar-refractivity contribution in [3.63, 3.8) is 0 Å². The van der Waals surface area contributed by atoms with E-state index in [1.54, 1.807) is 0 Å². The Bertz CT molecular complexity index is 1650. The Morgan fingerprint density at radius 2 is 0.607 bits per heavy atom. The van der Waals surface area contributed by atoms with E-state index in [0.717, 1.165) is 57.8 Å². The second-order valence-corrected chi connectivity index (χ2v) is 27.3. The number of carboxylic acids is 1. The molecule has 0 radical (unpaired) electrons. The van der Waals surface area contributed by atoms with Crippen LogP contribution in [-0.4, -0.2) is 87.4 Å². The van der Waals surface area contributed by atoms with Crippen molar-refractivity contribution in [2.75, 3.05) is 47.5 Å². The van der Waals surface area contributed by atoms with E-state index in [1.807, 2.05) is 21.1 Å². The number of carbonyl (C=O) groups excluding carboxylic acids is 2. The van der Waals surface area contributed by atoms with E-state index in [2.05, 4.69) is 74.6 Å². The van der Waals surface area contributed by atoms with E-state index in [9.17, 15) is 19.5 Å². The first-order chi connectivity index (χ1) is 43.6. The number of quaternary nitrogens is 1. The van der Waals surface area contributed by atoms with Gasteiger partial charge in [0.1, 0.15) is 13.2 Å². The first kappa shape index (κ1) is 86.0. The molecule has 0 saturated heterocycles. The van der Waals surface area contributed by atoms with Crippen molar-refractivity contribution in [1.29, 1.82) is 0 Å². The van der Waals surface area contributed by atoms with Crippen molar-refractivity contribution in [3.8, 4) is 0 Å². The van der Waals surface area contributed by atoms with Crippen molar-refractivity contribution < 1.29 is 42.9 Å². The Hall–Kier alpha value is -3.01. The van der Waals surface area contributed by atoms with Gasteiger partial charge in [-0.25, -0.2) is 4.79 Å². The number of carboxylic acid groups (broad SMARTS) is 1. The highest BCUT2D eigenvalue weighted by Crippen LogP contribution is 2.19. The molecule has 89 heavy (non-hydrogen) atoms. The molecular formula is C80H148NO8+. The van der Waals surface area contributed by atoms with Crippen LogP contribution in [0.2, 0.25) is 0 Å². The molecule has 0 spiro atoms. The van der Waals surface area contributed by atoms with Crippen molar-refractivity contribution in [2.24, 2.45) is 0 Å². The molecule has 2 unspecified atom stereocenters. The number of likely N-dealkylation sites (N-methyl/N-ethyl adjacent to an activating group) is 1. The van der Waals surface area contributed by atoms with Crippen molar-refractivity contribution in [3.05, 3.63) is 60.8 Å². The van der Waals surface area contributed by atoms with Gasteiger partial charge < -0.3 is 28.5 Å². The second kappa shape index (κ2) is 70.9. The third kappa shape index (κ3) is 72.3. The molecule has 9 nitrogen and oxygen atoms in total. The van der Waals surface area contributed by atoms with Gasteiger partial charge >= 0.3 is 17.9 Å². The molecular weight excluding hydrogens is 1100 g/mol. The molecule has 520 valence electrons. The van der Waals surface area contributed by atoms with E-state index >= 15 is 0 Å². The SMILES string of the molecule is CCCCCCC/C=C\C/C=C\C/C=C\CCCCCCCCCCCCCCC(=O)OC(COC(=O)CCCCCCCCCCCCCCCCCCCCCCCCCCC/C=C\C/C=C\CCCCCCC)COC(OCC[N+](C)(C)C)C(=O)O. The van der Waals surface area contributed by atoms with Crippen molar-refractivity contribution >= 4 is 17.9 Å². The number of hydrogen-bond donors (Lipinski definition) is 1. The summed E-state index contributed by atoms with van der Waals surface area (Å²) in [6.07, 6.45) is 90.8. The molecule has 9 heteroatoms. The van der Waals surface area contributed by atoms with Gasteiger partial charge in [-0.1, -0.05) is 338 Å². The van der Waals surface area contributed by atoms with E-state index in [-0.39, 0.29) is 32.2 Å². The van der Waals surface area contributed by atoms with Gasteiger partial charge in [0.05, 0.1) is 34.4 Å². The number of rotatable bonds is 72. The number of hydrogen-bond acceptors (Lipinski definition) is 7. The lowest BCUT2D eigenvalue weighted by Gasteiger charge is -2.25. The second-order valence-electron chi connectivity index (χ2n) is 27.3. The third-order valence-electron chi connectivity index (χ3n) is 17.2. The summed E-state index contributed by atoms with van der Waals surface area (Å²) < 4.78 is 23.0. The standard InChI is InChI=1S/C80H147NO8/c1-6-8-10-12-14-16-18-20-22-24-26-28-30-32-34-35-36-37-38-39-40-41-42-43-45-46-48-50-52-54-56-58-60-62-64-66-68-70-77(82)87-74-76(75-88-80(79(84)85)86-73-72-81(3,4)5)89-78(83)71-69-67-65-63-61-59-57-55-53-51-49-47-44-33-31-29-27-25-23-21-19-17-15-13-11-9-7-2/h18-21,24-27,31,33,76,80H,6-17,22-23,28-30,32,34-75H2,1-5H3/p+1/b20-18-,21-19-,26-24-,27-25-,33-31-. The Morgan fingerprint density at radius 1 is 0.337 bits per heavy atom. The van der Waals surface area contributed by atoms with Crippen LogP contribution < -0.4 is 0 Å². The first-order valence-electron chi connectivity index (χ1n) is 38.5. The quantitative estimate of drug-likeness (QED) is 0.0211. The molecule has 0 rings (SSSR count). The molecule has 0 amide bonds. The van der Waals surface area contributed by atoms with Crippen LogP contribution in [0.5, 0.6) is 0 Å². The highest BCUT2D eigenvalue weighted by molar-refractivity contribution is 5.71. The monoisotopic (exact) mass is 1250 g/mol. The van der Waals surface area contributed by atoms with E-state index < -0.39 is 24.3 Å². The zero-order valence-corrected chi connectivity index (χ0v) is 59.6. The van der Waals surface area contributed by atoms with Gasteiger partial charge in [0, 0.05) is 12.8 Å². The van der Waals surface area contributed by atoms with Gasteiger partial charge in [0.2, 0.25) is 0 Å². The maximum atomic E-state index is 13.0. The minimum absolute atomic E-state index is 0.180. The summed E-state index contributed by atoms with van der Waals surface area (Å²) in [5.41, 5.74) is 0. The lowest BCUT2D eigenvalue weighted by Crippen LogP contribution is -2.40. The summed E-state index contributed by atoms with van der Waals surface area (Å²) in [5.74, 6) is -1.98. The number of aliphatic carboxylic acids is 1. The van der Waals surface area contributed by atoms with Gasteiger partial charge in [-0.2, -0.15) is 0 Å². The number of allylic oxidation sites excluding steroid dienone is 10. The van der Waals surface area contributed by atoms with Crippen LogP contribution in [0.3, 0.4) is 0 Å². The molecule has 2 atom stereocenters. The maximum absolute atomic E-state index is 13.0. The summed E-state index contributed by atoms with van der Waals surface area (Å²) in [7, 11) is 5.99. The smallest absolute Gasteiger partial charge is 0.361 e. The minimum Gasteiger partial charge on any atom is -0.477 e. The summed E-state index contributed by atoms with van der Waals surface area (Å²) >= 11 is 0. The first-order valence-corrected chi connectivity index (χ1v) is 38.5. The van der Waals surface area contributed by atoms with Crippen LogP contribution >= 0.6 is 0 Å². The van der Waals surface area contributed by atoms with Gasteiger partial charge in [-0.05, 0) is 83.5 Å². The zero-order valence-electron chi connectivity index (χ0n) is 59.6. The fourth-order valence-corrected chi connectivity index (χ4v) is 11.4. The van der Waals surface area contributed by atoms with Crippen LogP contribution in [-0.2, 0) is 33.3 Å². The average molecular weight is 1250 g/mol. The zero-order chi connectivity index (χ0) is 64.7. The fraction of sp³-hybridized carbons (Fsp3) is 0.838. The van der Waals surface area contributed by atoms with Gasteiger partial charge in [0.15, 0.2) is 6.10 Å². The van der Waals surface area contributed by atoms with Crippen LogP contribution in [0.1, 0.15) is 373 Å². The molecule has 0 aromatic heterocycles. The lowest BCUT2D eigenvalue weighted by molar-refractivity contribution is -0.870. The molecule has 0 aliphatic rings. The van der Waals surface area contributed by atoms with Crippen LogP contribution in [0, 0.1) is 0 Å². The van der Waals surface area contributed by atoms with Gasteiger partial charge in [0.25, 0.3) is 6.29 Å². The fourth-order valence-electron chi connectivity index (χ4n) is 11.4. The lowest BCUT2D eigenvalue weighted by atomic mass is 10.0. The Balaban J connectivity index is 4.00. The largest absolute Gasteiger partial charge is 0.477 e. The van der Waals surface area contributed by atoms with Gasteiger partial charge in [-0.3, -0.25) is 9.59 Å². The molecule has 0 bridgehead atoms. The molecule has 0 heterocycles. The molecule has 0 fully saturated rings. The van der Waals surface area contributed by atoms with Crippen LogP contribution in [0.15, 0.2) is 60.8 Å². The predicted octanol–water partition coefficient (Wildman–Crippen LogP) is 24.3. The number of esters is 2. The topological polar surface area (TPSA) is 108 Å². The maximum Gasteiger partial charge on any atom is 0.361 e. The van der Waals surface area contributed by atoms with Crippen molar-refractivity contribution in [1.82, 2.24) is 0 Å². The average Bonchev–Trinajstić information content (AvgIpc) is 3.64. The number of nitrogens with zero attached hydrogens (tertiary/aromatic N) is 1. The Morgan fingerprint density at radius 3 is 0.899 bits per heavy atom. The van der Waals surface area contributed by atoms with E-state index in [4.69, 9.17) is 18.9 Å². The molecule has 0 saturated carbocycles. The summed E-state index contributed by atoms with van der Waals surface area (Å²) in [4.78, 5) is 37.7. The molecule has 0 aromatic carbocycles. The Kier molecular flexibility index (Phi) is 68.5. The highest BCUT2D eigenvalue weighted by atomic mass is 16.7. The van der Waals surface area contributed by atoms with Crippen LogP contribution in [0.25, 0.3) is 0 Å². The molecule has 0 aliphatic carbocycles. The van der Waals surface area contributed by atoms with Gasteiger partial charge in [-0.15, -0.1) is 0 Å². The van der Waals surface area contributed by atoms with E-state index in [0.29, 0.717) is 17.4 Å².